The summed E-state index contributed by atoms with van der Waals surface area (Å²) in [5.41, 5.74) is 0.724. The lowest BCUT2D eigenvalue weighted by Gasteiger charge is -2.01. The summed E-state index contributed by atoms with van der Waals surface area (Å²) in [7, 11) is 0. The van der Waals surface area contributed by atoms with Crippen molar-refractivity contribution in [1.82, 2.24) is 0 Å². The normalized spacial score (nSPS) is 24.6. The summed E-state index contributed by atoms with van der Waals surface area (Å²) in [6, 6.07) is 7.83. The number of hydrogen-bond acceptors (Lipinski definition) is 2. The number of rotatable bonds is 3. The lowest BCUT2D eigenvalue weighted by atomic mass is 10.0. The van der Waals surface area contributed by atoms with Crippen molar-refractivity contribution in [3.63, 3.8) is 0 Å². The molecule has 0 amide bonds. The molecule has 1 N–H and O–H groups in total. The lowest BCUT2D eigenvalue weighted by molar-refractivity contribution is -0.139. The third-order valence-corrected chi connectivity index (χ3v) is 3.75. The highest BCUT2D eigenvalue weighted by atomic mass is 19.1. The minimum atomic E-state index is -0.879. The van der Waals surface area contributed by atoms with Crippen LogP contribution in [0.3, 0.4) is 0 Å². The molecule has 0 spiro atoms. The molecular weight excluding hydrogens is 245 g/mol. The quantitative estimate of drug-likeness (QED) is 0.848. The molecule has 2 rings (SSSR count). The molecule has 3 nitrogen and oxygen atoms in total. The largest absolute Gasteiger partial charge is 0.481 e. The molecule has 1 aliphatic rings. The molecule has 0 radical (unpaired) electrons. The van der Waals surface area contributed by atoms with Crippen LogP contribution in [0.25, 0.3) is 6.08 Å². The van der Waals surface area contributed by atoms with Gasteiger partial charge in [-0.2, -0.15) is 5.26 Å². The van der Waals surface area contributed by atoms with Gasteiger partial charge in [0.1, 0.15) is 5.82 Å². The SMILES string of the molecule is CC1(C)[C@@H](C(=O)O)[C@@H]1C(C#N)=Cc1ccc(F)cc1. The molecule has 0 bridgehead atoms. The van der Waals surface area contributed by atoms with Gasteiger partial charge in [0.25, 0.3) is 0 Å². The van der Waals surface area contributed by atoms with Gasteiger partial charge in [-0.1, -0.05) is 26.0 Å². The zero-order valence-electron chi connectivity index (χ0n) is 10.7. The van der Waals surface area contributed by atoms with Crippen LogP contribution in [0.2, 0.25) is 0 Å². The van der Waals surface area contributed by atoms with E-state index in [2.05, 4.69) is 6.07 Å². The van der Waals surface area contributed by atoms with Gasteiger partial charge < -0.3 is 5.11 Å². The standard InChI is InChI=1S/C15H14FNO2/c1-15(2)12(13(15)14(18)19)10(8-17)7-9-3-5-11(16)6-4-9/h3-7,12-13H,1-2H3,(H,18,19)/t12-,13+/m0/s1. The zero-order chi connectivity index (χ0) is 14.2. The number of benzene rings is 1. The smallest absolute Gasteiger partial charge is 0.307 e. The Labute approximate surface area is 111 Å². The summed E-state index contributed by atoms with van der Waals surface area (Å²) in [6.45, 7) is 3.68. The topological polar surface area (TPSA) is 61.1 Å². The minimum Gasteiger partial charge on any atom is -0.481 e. The van der Waals surface area contributed by atoms with E-state index in [4.69, 9.17) is 5.11 Å². The molecule has 0 aliphatic heterocycles. The first-order chi connectivity index (χ1) is 8.87. The van der Waals surface area contributed by atoms with Gasteiger partial charge in [-0.25, -0.2) is 4.39 Å². The van der Waals surface area contributed by atoms with Crippen molar-refractivity contribution in [3.8, 4) is 6.07 Å². The molecule has 2 atom stereocenters. The van der Waals surface area contributed by atoms with Gasteiger partial charge in [0.05, 0.1) is 12.0 Å². The maximum Gasteiger partial charge on any atom is 0.307 e. The number of carboxylic acids is 1. The summed E-state index contributed by atoms with van der Waals surface area (Å²) < 4.78 is 12.8. The van der Waals surface area contributed by atoms with Gasteiger partial charge in [-0.15, -0.1) is 0 Å². The Morgan fingerprint density at radius 1 is 1.37 bits per heavy atom. The maximum absolute atomic E-state index is 12.8. The van der Waals surface area contributed by atoms with Gasteiger partial charge >= 0.3 is 5.97 Å². The number of nitriles is 1. The van der Waals surface area contributed by atoms with Crippen LogP contribution >= 0.6 is 0 Å². The van der Waals surface area contributed by atoms with Crippen LogP contribution in [0, 0.1) is 34.4 Å². The first kappa shape index (κ1) is 13.3. The maximum atomic E-state index is 12.8. The molecule has 1 fully saturated rings. The van der Waals surface area contributed by atoms with Crippen molar-refractivity contribution < 1.29 is 14.3 Å². The average Bonchev–Trinajstić information content (AvgIpc) is 2.92. The van der Waals surface area contributed by atoms with E-state index in [9.17, 15) is 14.4 Å². The van der Waals surface area contributed by atoms with Gasteiger partial charge in [-0.3, -0.25) is 4.79 Å². The number of allylic oxidation sites excluding steroid dienone is 1. The van der Waals surface area contributed by atoms with Crippen LogP contribution in [-0.2, 0) is 4.79 Å². The minimum absolute atomic E-state index is 0.278. The van der Waals surface area contributed by atoms with E-state index in [0.717, 1.165) is 0 Å². The van der Waals surface area contributed by atoms with Crippen molar-refractivity contribution in [2.24, 2.45) is 17.3 Å². The van der Waals surface area contributed by atoms with Gasteiger partial charge in [-0.05, 0) is 29.2 Å². The van der Waals surface area contributed by atoms with Crippen LogP contribution < -0.4 is 0 Å². The number of nitrogens with zero attached hydrogens (tertiary/aromatic N) is 1. The second-order valence-electron chi connectivity index (χ2n) is 5.38. The molecule has 19 heavy (non-hydrogen) atoms. The van der Waals surface area contributed by atoms with E-state index in [1.165, 1.54) is 12.1 Å². The van der Waals surface area contributed by atoms with Crippen LogP contribution in [0.5, 0.6) is 0 Å². The number of carboxylic acid groups (broad SMARTS) is 1. The van der Waals surface area contributed by atoms with E-state index >= 15 is 0 Å². The van der Waals surface area contributed by atoms with Gasteiger partial charge in [0.15, 0.2) is 0 Å². The van der Waals surface area contributed by atoms with E-state index in [1.807, 2.05) is 13.8 Å². The highest BCUT2D eigenvalue weighted by Crippen LogP contribution is 2.61. The summed E-state index contributed by atoms with van der Waals surface area (Å²) in [6.07, 6.45) is 1.63. The molecule has 1 aromatic rings. The Kier molecular flexibility index (Phi) is 3.15. The predicted octanol–water partition coefficient (Wildman–Crippen LogP) is 3.09. The van der Waals surface area contributed by atoms with Crippen LogP contribution in [0.1, 0.15) is 19.4 Å². The summed E-state index contributed by atoms with van der Waals surface area (Å²) in [4.78, 5) is 11.1. The first-order valence-corrected chi connectivity index (χ1v) is 5.98. The number of halogens is 1. The number of hydrogen-bond donors (Lipinski definition) is 1. The van der Waals surface area contributed by atoms with Crippen molar-refractivity contribution in [2.75, 3.05) is 0 Å². The number of carbonyl (C=O) groups is 1. The molecule has 98 valence electrons. The fraction of sp³-hybridized carbons (Fsp3) is 0.333. The molecule has 1 aromatic carbocycles. The molecule has 0 heterocycles. The van der Waals surface area contributed by atoms with Crippen LogP contribution in [-0.4, -0.2) is 11.1 Å². The third kappa shape index (κ3) is 2.37. The third-order valence-electron chi connectivity index (χ3n) is 3.75. The molecule has 0 unspecified atom stereocenters. The van der Waals surface area contributed by atoms with Gasteiger partial charge in [0, 0.05) is 11.5 Å². The summed E-state index contributed by atoms with van der Waals surface area (Å²) in [5, 5.41) is 18.3. The van der Waals surface area contributed by atoms with Crippen LogP contribution in [0.15, 0.2) is 29.8 Å². The zero-order valence-corrected chi connectivity index (χ0v) is 10.7. The second-order valence-corrected chi connectivity index (χ2v) is 5.38. The Morgan fingerprint density at radius 3 is 2.37 bits per heavy atom. The highest BCUT2D eigenvalue weighted by molar-refractivity contribution is 5.78. The Morgan fingerprint density at radius 2 is 1.95 bits per heavy atom. The molecule has 1 aliphatic carbocycles. The molecule has 0 saturated heterocycles. The Hall–Kier alpha value is -2.15. The summed E-state index contributed by atoms with van der Waals surface area (Å²) >= 11 is 0. The molecule has 1 saturated carbocycles. The van der Waals surface area contributed by atoms with Crippen molar-refractivity contribution in [1.29, 1.82) is 5.26 Å². The number of aliphatic carboxylic acids is 1. The molecular formula is C15H14FNO2. The Balaban J connectivity index is 2.30. The van der Waals surface area contributed by atoms with Crippen molar-refractivity contribution in [3.05, 3.63) is 41.2 Å². The van der Waals surface area contributed by atoms with E-state index in [0.29, 0.717) is 11.1 Å². The predicted molar refractivity (Wildman–Crippen MR) is 68.4 cm³/mol. The fourth-order valence-corrected chi connectivity index (χ4v) is 2.61. The van der Waals surface area contributed by atoms with Crippen molar-refractivity contribution >= 4 is 12.0 Å². The Bertz CT molecular complexity index is 581. The summed E-state index contributed by atoms with van der Waals surface area (Å²) in [5.74, 6) is -2.03. The van der Waals surface area contributed by atoms with E-state index < -0.39 is 17.3 Å². The monoisotopic (exact) mass is 259 g/mol. The fourth-order valence-electron chi connectivity index (χ4n) is 2.61. The van der Waals surface area contributed by atoms with Crippen LogP contribution in [0.4, 0.5) is 4.39 Å². The van der Waals surface area contributed by atoms with E-state index in [-0.39, 0.29) is 11.7 Å². The molecule has 4 heteroatoms. The van der Waals surface area contributed by atoms with Gasteiger partial charge in [0.2, 0.25) is 0 Å². The highest BCUT2D eigenvalue weighted by Gasteiger charge is 2.63. The lowest BCUT2D eigenvalue weighted by Crippen LogP contribution is -2.03. The second kappa shape index (κ2) is 4.51. The van der Waals surface area contributed by atoms with Crippen molar-refractivity contribution in [2.45, 2.75) is 13.8 Å². The average molecular weight is 259 g/mol. The van der Waals surface area contributed by atoms with E-state index in [1.54, 1.807) is 18.2 Å². The molecule has 0 aromatic heterocycles. The first-order valence-electron chi connectivity index (χ1n) is 5.98.